The molecule has 8 heteroatoms. The zero-order valence-corrected chi connectivity index (χ0v) is 64.6. The Balaban J connectivity index is 0.483. The summed E-state index contributed by atoms with van der Waals surface area (Å²) in [6.07, 6.45) is 19.1. The summed E-state index contributed by atoms with van der Waals surface area (Å²) in [6.45, 7) is 1.92. The minimum absolute atomic E-state index is 0.266. The van der Waals surface area contributed by atoms with Crippen molar-refractivity contribution in [3.05, 3.63) is 130 Å². The number of nitriles is 2. The Hall–Kier alpha value is -13.1. The van der Waals surface area contributed by atoms with Crippen LogP contribution in [0.1, 0.15) is 149 Å². The van der Waals surface area contributed by atoms with E-state index < -0.39 is 16.2 Å². The Labute approximate surface area is 672 Å². The van der Waals surface area contributed by atoms with Gasteiger partial charge in [-0.2, -0.15) is 10.5 Å². The summed E-state index contributed by atoms with van der Waals surface area (Å²) in [4.78, 5) is 36.0. The predicted molar refractivity (Wildman–Crippen MR) is 486 cm³/mol. The molecule has 5 aliphatic rings. The summed E-state index contributed by atoms with van der Waals surface area (Å²) in [5, 5.41) is 98.6. The maximum absolute atomic E-state index is 18.0. The molecule has 0 aromatic heterocycles. The van der Waals surface area contributed by atoms with Crippen LogP contribution in [0.4, 0.5) is 0 Å². The number of hydrogen-bond donors (Lipinski definition) is 0. The molecular formula is C111H60N2O6. The van der Waals surface area contributed by atoms with Gasteiger partial charge >= 0.3 is 11.9 Å². The van der Waals surface area contributed by atoms with E-state index in [0.29, 0.717) is 24.3 Å². The van der Waals surface area contributed by atoms with Crippen LogP contribution in [0.2, 0.25) is 0 Å². The van der Waals surface area contributed by atoms with Gasteiger partial charge in [0.1, 0.15) is 11.5 Å². The molecule has 119 heavy (non-hydrogen) atoms. The standard InChI is InChI=1S/C111H60N2O6/c112-39-41-19-23-43(24-20-41)45-27-31-47(32-28-45)116-35-15-11-7-3-1-5-9-13-17-37-118-107(114)111(108(115)119-38-18-14-10-6-2-4-8-12-16-36-117-48-33-29-46(30-34-48)44-25-21-42(40-113)22-26-44)109-103-95-87-77-67-59-51-49-50-53-57-55(51)63-71-65(57)75-69-61(53)62-54(50)58-56-52(49)60(59)68-74-64(56)72-66(58)76-70(62)80-79(69)89-83(75)93-85(71)91(81(87)73(63)67)99(103)101(93)105-97(89)98-90(80)84(76)94-86(72)92-82(74)88(78(68)77)96(95)104(109)100(92)102(94)106(98)110(105,109)111/h19-34H,1-18,35-38H2. The van der Waals surface area contributed by atoms with Crippen molar-refractivity contribution in [2.45, 2.75) is 126 Å². The predicted octanol–water partition coefficient (Wildman–Crippen LogP) is 28.6. The molecule has 2 spiro atoms. The quantitative estimate of drug-likeness (QED) is 0.0189. The van der Waals surface area contributed by atoms with Crippen molar-refractivity contribution < 1.29 is 28.5 Å². The zero-order valence-electron chi connectivity index (χ0n) is 64.6. The fourth-order valence-electron chi connectivity index (χ4n) is 32.0. The van der Waals surface area contributed by atoms with E-state index >= 15 is 9.59 Å². The Morgan fingerprint density at radius 1 is 0.210 bits per heavy atom. The first-order valence-corrected chi connectivity index (χ1v) is 44.6. The second kappa shape index (κ2) is 17.7. The SMILES string of the molecule is N#Cc1ccc(-c2ccc(OCCCCCCCCCCCOC(=O)C3(C(=O)OCCCCCCCCCCCOc4ccc(-c5ccc(C#N)cc5)cc4)C45c6c7c8c9c%10c%11c(c%12c%13c4c4c6c6c%14c7c7c8c8c%10c%10c%15c%11c%11c%12c%12c%13c%13c4c4c6c6c%14c%14c7c7c8c%10c8c%10c%15c%11c%11c%12c%12c%13c4c4c6c6c%14c7c8c7c%10c%11c%12c4c67)C935)cc2)cc1. The number of carbonyl (C=O) groups is 2. The molecule has 1 fully saturated rings. The lowest BCUT2D eigenvalue weighted by Crippen LogP contribution is -2.39. The highest BCUT2D eigenvalue weighted by atomic mass is 16.6. The van der Waals surface area contributed by atoms with Crippen LogP contribution < -0.4 is 9.47 Å². The van der Waals surface area contributed by atoms with Crippen molar-refractivity contribution in [3.63, 3.8) is 0 Å². The summed E-state index contributed by atoms with van der Waals surface area (Å²) in [7, 11) is 0. The average molecular weight is 1520 g/mol. The second-order valence-corrected chi connectivity index (χ2v) is 38.8. The van der Waals surface area contributed by atoms with Crippen LogP contribution in [-0.4, -0.2) is 38.4 Å². The topological polar surface area (TPSA) is 119 Å². The van der Waals surface area contributed by atoms with Crippen LogP contribution in [0.3, 0.4) is 0 Å². The molecule has 0 amide bonds. The van der Waals surface area contributed by atoms with Gasteiger partial charge in [0.2, 0.25) is 0 Å². The highest BCUT2D eigenvalue weighted by Crippen LogP contribution is 2.97. The summed E-state index contributed by atoms with van der Waals surface area (Å²) in [6, 6.07) is 36.4. The number of nitrogens with zero attached hydrogens (tertiary/aromatic N) is 2. The third-order valence-corrected chi connectivity index (χ3v) is 35.0. The molecule has 0 N–H and O–H groups in total. The lowest BCUT2D eigenvalue weighted by Gasteiger charge is -2.32. The minimum atomic E-state index is -1.75. The Morgan fingerprint density at radius 2 is 0.370 bits per heavy atom. The zero-order chi connectivity index (χ0) is 75.9. The summed E-state index contributed by atoms with van der Waals surface area (Å²) in [5.41, 5.74) is 6.87. The van der Waals surface area contributed by atoms with Crippen molar-refractivity contribution in [1.29, 1.82) is 10.5 Å². The first-order valence-electron chi connectivity index (χ1n) is 44.6. The van der Waals surface area contributed by atoms with E-state index in [1.54, 1.807) is 53.9 Å². The van der Waals surface area contributed by atoms with Crippen molar-refractivity contribution in [2.75, 3.05) is 26.4 Å². The highest BCUT2D eigenvalue weighted by molar-refractivity contribution is 6.82. The van der Waals surface area contributed by atoms with Gasteiger partial charge in [-0.25, -0.2) is 0 Å². The number of esters is 2. The molecule has 1 saturated carbocycles. The smallest absolute Gasteiger partial charge is 0.326 e. The fourth-order valence-corrected chi connectivity index (χ4v) is 32.0. The molecule has 0 atom stereocenters. The summed E-state index contributed by atoms with van der Waals surface area (Å²) >= 11 is 0. The Kier molecular flexibility index (Phi) is 8.72. The van der Waals surface area contributed by atoms with Crippen LogP contribution in [0.5, 0.6) is 11.5 Å². The molecule has 0 aliphatic heterocycles. The third-order valence-electron chi connectivity index (χ3n) is 35.0. The Bertz CT molecular complexity index is 9000. The van der Waals surface area contributed by atoms with E-state index in [-0.39, 0.29) is 25.2 Å². The maximum Gasteiger partial charge on any atom is 0.326 e. The molecule has 8 nitrogen and oxygen atoms in total. The minimum Gasteiger partial charge on any atom is -0.494 e. The maximum atomic E-state index is 18.0. The van der Waals surface area contributed by atoms with Gasteiger partial charge in [0.25, 0.3) is 0 Å². The molecule has 37 rings (SSSR count). The number of benzene rings is 22. The van der Waals surface area contributed by atoms with Crippen molar-refractivity contribution in [1.82, 2.24) is 0 Å². The van der Waals surface area contributed by atoms with E-state index in [0.717, 1.165) is 111 Å². The van der Waals surface area contributed by atoms with Crippen molar-refractivity contribution in [3.8, 4) is 45.9 Å². The molecule has 550 valence electrons. The van der Waals surface area contributed by atoms with Gasteiger partial charge in [0, 0.05) is 0 Å². The first-order chi connectivity index (χ1) is 59.0. The van der Waals surface area contributed by atoms with Crippen LogP contribution >= 0.6 is 0 Å². The van der Waals surface area contributed by atoms with Gasteiger partial charge in [0.15, 0.2) is 5.41 Å². The largest absolute Gasteiger partial charge is 0.494 e. The molecule has 0 radical (unpaired) electrons. The number of ether oxygens (including phenoxy) is 4. The Morgan fingerprint density at radius 3 is 0.555 bits per heavy atom. The first kappa shape index (κ1) is 58.7. The second-order valence-electron chi connectivity index (χ2n) is 38.8. The van der Waals surface area contributed by atoms with Gasteiger partial charge in [-0.3, -0.25) is 9.59 Å². The molecule has 0 unspecified atom stereocenters. The monoisotopic (exact) mass is 1520 g/mol. The van der Waals surface area contributed by atoms with Crippen LogP contribution in [-0.2, 0) is 29.9 Å². The molecule has 0 bridgehead atoms. The van der Waals surface area contributed by atoms with E-state index in [9.17, 15) is 10.5 Å². The van der Waals surface area contributed by atoms with Gasteiger partial charge in [-0.05, 0) is 410 Å². The van der Waals surface area contributed by atoms with Gasteiger partial charge in [0.05, 0.1) is 60.5 Å². The number of rotatable bonds is 30. The lowest BCUT2D eigenvalue weighted by molar-refractivity contribution is -0.166. The number of carbonyl (C=O) groups excluding carboxylic acids is 2. The fraction of sp³-hybridized carbons (Fsp3) is 0.225. The van der Waals surface area contributed by atoms with Crippen LogP contribution in [0.15, 0.2) is 97.1 Å². The molecule has 5 aliphatic carbocycles. The molecule has 0 heterocycles. The van der Waals surface area contributed by atoms with E-state index in [1.165, 1.54) is 298 Å². The van der Waals surface area contributed by atoms with E-state index in [4.69, 9.17) is 18.9 Å². The van der Waals surface area contributed by atoms with Crippen LogP contribution in [0, 0.1) is 28.1 Å². The highest BCUT2D eigenvalue weighted by Gasteiger charge is 3.01. The normalized spacial score (nSPS) is 16.4. The van der Waals surface area contributed by atoms with Crippen molar-refractivity contribution in [2.24, 2.45) is 5.41 Å². The lowest BCUT2D eigenvalue weighted by atomic mass is 9.68. The number of unbranched alkanes of at least 4 members (excludes halogenated alkanes) is 16. The number of hydrogen-bond acceptors (Lipinski definition) is 8. The summed E-state index contributed by atoms with van der Waals surface area (Å²) in [5.74, 6) is 1.08. The van der Waals surface area contributed by atoms with Gasteiger partial charge in [-0.15, -0.1) is 0 Å². The van der Waals surface area contributed by atoms with E-state index in [2.05, 4.69) is 36.4 Å². The van der Waals surface area contributed by atoms with Crippen molar-refractivity contribution >= 4 is 303 Å². The molecule has 0 saturated heterocycles. The van der Waals surface area contributed by atoms with E-state index in [1.807, 2.05) is 72.8 Å². The van der Waals surface area contributed by atoms with Gasteiger partial charge < -0.3 is 18.9 Å². The average Bonchev–Trinajstić information content (AvgIpc) is 1.35. The summed E-state index contributed by atoms with van der Waals surface area (Å²) < 4.78 is 27.1. The molecular weight excluding hydrogens is 1460 g/mol. The van der Waals surface area contributed by atoms with Crippen LogP contribution in [0.25, 0.3) is 313 Å². The molecule has 32 aromatic carbocycles. The third kappa shape index (κ3) is 4.98. The van der Waals surface area contributed by atoms with Gasteiger partial charge in [-0.1, -0.05) is 138 Å². The molecule has 32 aromatic rings.